The lowest BCUT2D eigenvalue weighted by atomic mass is 9.69. The predicted octanol–water partition coefficient (Wildman–Crippen LogP) is 3.66. The summed E-state index contributed by atoms with van der Waals surface area (Å²) in [4.78, 5) is 25.4. The maximum atomic E-state index is 12.8. The summed E-state index contributed by atoms with van der Waals surface area (Å²) in [5.41, 5.74) is 1.90. The van der Waals surface area contributed by atoms with E-state index < -0.39 is 17.8 Å². The molecule has 1 aromatic rings. The molecule has 3 atom stereocenters. The third-order valence-electron chi connectivity index (χ3n) is 7.04. The van der Waals surface area contributed by atoms with Crippen molar-refractivity contribution in [3.05, 3.63) is 16.0 Å². The van der Waals surface area contributed by atoms with E-state index >= 15 is 0 Å². The number of amides is 1. The largest absolute Gasteiger partial charge is 0.550 e. The molecule has 1 saturated carbocycles. The second kappa shape index (κ2) is 8.24. The molecule has 0 bridgehead atoms. The molecular weight excluding hydrogens is 372 g/mol. The predicted molar refractivity (Wildman–Crippen MR) is 108 cm³/mol. The van der Waals surface area contributed by atoms with Crippen molar-refractivity contribution in [2.24, 2.45) is 23.2 Å². The number of rotatable bonds is 5. The van der Waals surface area contributed by atoms with Crippen LogP contribution in [0.5, 0.6) is 0 Å². The molecule has 1 aromatic heterocycles. The van der Waals surface area contributed by atoms with Gasteiger partial charge < -0.3 is 15.2 Å². The number of anilines is 1. The number of nitriles is 1. The first-order valence-corrected chi connectivity index (χ1v) is 11.2. The molecule has 0 aromatic carbocycles. The molecule has 0 unspecified atom stereocenters. The van der Waals surface area contributed by atoms with Crippen LogP contribution in [-0.4, -0.2) is 11.9 Å². The molecule has 6 heteroatoms. The fourth-order valence-electron chi connectivity index (χ4n) is 4.68. The Kier molecular flexibility index (Phi) is 6.14. The SMILES string of the molecule is CCC(C)(C)[C@@H]1CCc2c(sc(NC(=O)[C@@H]3CCCC[C@@H]3C(=O)[O-])c2C#N)C1. The van der Waals surface area contributed by atoms with Crippen LogP contribution < -0.4 is 10.4 Å². The maximum absolute atomic E-state index is 12.8. The summed E-state index contributed by atoms with van der Waals surface area (Å²) in [7, 11) is 0. The second-order valence-electron chi connectivity index (χ2n) is 8.91. The van der Waals surface area contributed by atoms with Crippen LogP contribution in [0, 0.1) is 34.5 Å². The van der Waals surface area contributed by atoms with E-state index in [1.165, 1.54) is 16.2 Å². The Bertz CT molecular complexity index is 805. The van der Waals surface area contributed by atoms with Crippen molar-refractivity contribution in [2.45, 2.75) is 72.1 Å². The van der Waals surface area contributed by atoms with Gasteiger partial charge in [0.25, 0.3) is 0 Å². The highest BCUT2D eigenvalue weighted by Gasteiger charge is 2.36. The molecule has 1 amide bonds. The van der Waals surface area contributed by atoms with Gasteiger partial charge in [0.1, 0.15) is 11.1 Å². The van der Waals surface area contributed by atoms with Gasteiger partial charge in [0, 0.05) is 22.7 Å². The third kappa shape index (κ3) is 3.96. The minimum atomic E-state index is -1.14. The van der Waals surface area contributed by atoms with E-state index in [0.717, 1.165) is 44.1 Å². The number of hydrogen-bond acceptors (Lipinski definition) is 5. The summed E-state index contributed by atoms with van der Waals surface area (Å²) in [6, 6.07) is 2.28. The van der Waals surface area contributed by atoms with Crippen LogP contribution in [0.4, 0.5) is 5.00 Å². The molecule has 0 aliphatic heterocycles. The van der Waals surface area contributed by atoms with E-state index in [1.54, 1.807) is 0 Å². The number of nitrogens with zero attached hydrogens (tertiary/aromatic N) is 1. The van der Waals surface area contributed by atoms with Crippen molar-refractivity contribution in [3.63, 3.8) is 0 Å². The molecular formula is C22H29N2O3S-. The maximum Gasteiger partial charge on any atom is 0.228 e. The summed E-state index contributed by atoms with van der Waals surface area (Å²) in [6.45, 7) is 6.81. The Labute approximate surface area is 171 Å². The Balaban J connectivity index is 1.81. The molecule has 0 radical (unpaired) electrons. The summed E-state index contributed by atoms with van der Waals surface area (Å²) in [5, 5.41) is 24.6. The van der Waals surface area contributed by atoms with Crippen molar-refractivity contribution in [1.82, 2.24) is 0 Å². The van der Waals surface area contributed by atoms with E-state index in [1.807, 2.05) is 0 Å². The van der Waals surface area contributed by atoms with Gasteiger partial charge in [-0.3, -0.25) is 4.79 Å². The number of fused-ring (bicyclic) bond motifs is 1. The van der Waals surface area contributed by atoms with Gasteiger partial charge in [-0.1, -0.05) is 40.0 Å². The fourth-order valence-corrected chi connectivity index (χ4v) is 5.96. The van der Waals surface area contributed by atoms with Crippen molar-refractivity contribution in [2.75, 3.05) is 5.32 Å². The Morgan fingerprint density at radius 1 is 1.25 bits per heavy atom. The number of carboxylic acid groups (broad SMARTS) is 1. The van der Waals surface area contributed by atoms with Crippen LogP contribution >= 0.6 is 11.3 Å². The van der Waals surface area contributed by atoms with E-state index in [-0.39, 0.29) is 11.3 Å². The molecule has 28 heavy (non-hydrogen) atoms. The number of thiophene rings is 1. The highest BCUT2D eigenvalue weighted by atomic mass is 32.1. The summed E-state index contributed by atoms with van der Waals surface area (Å²) in [5.74, 6) is -2.16. The second-order valence-corrected chi connectivity index (χ2v) is 10.0. The van der Waals surface area contributed by atoms with Gasteiger partial charge in [0.05, 0.1) is 5.56 Å². The van der Waals surface area contributed by atoms with Crippen molar-refractivity contribution < 1.29 is 14.7 Å². The lowest BCUT2D eigenvalue weighted by Crippen LogP contribution is -2.42. The van der Waals surface area contributed by atoms with Crippen molar-refractivity contribution in [3.8, 4) is 6.07 Å². The van der Waals surface area contributed by atoms with Crippen molar-refractivity contribution >= 4 is 28.2 Å². The van der Waals surface area contributed by atoms with Gasteiger partial charge >= 0.3 is 0 Å². The van der Waals surface area contributed by atoms with Crippen LogP contribution in [0.2, 0.25) is 0 Å². The zero-order chi connectivity index (χ0) is 20.5. The quantitative estimate of drug-likeness (QED) is 0.815. The first-order chi connectivity index (χ1) is 13.3. The van der Waals surface area contributed by atoms with Crippen LogP contribution in [0.15, 0.2) is 0 Å². The van der Waals surface area contributed by atoms with Gasteiger partial charge in [-0.05, 0) is 49.0 Å². The van der Waals surface area contributed by atoms with Gasteiger partial charge in [-0.15, -0.1) is 11.3 Å². The molecule has 1 fully saturated rings. The van der Waals surface area contributed by atoms with Gasteiger partial charge in [0.15, 0.2) is 0 Å². The molecule has 2 aliphatic carbocycles. The molecule has 2 aliphatic rings. The molecule has 1 N–H and O–H groups in total. The highest BCUT2D eigenvalue weighted by molar-refractivity contribution is 7.16. The first-order valence-electron chi connectivity index (χ1n) is 10.3. The Morgan fingerprint density at radius 3 is 2.54 bits per heavy atom. The highest BCUT2D eigenvalue weighted by Crippen LogP contribution is 2.45. The number of carboxylic acids is 1. The molecule has 5 nitrogen and oxygen atoms in total. The first kappa shape index (κ1) is 20.9. The topological polar surface area (TPSA) is 93.0 Å². The smallest absolute Gasteiger partial charge is 0.228 e. The number of hydrogen-bond donors (Lipinski definition) is 1. The van der Waals surface area contributed by atoms with Gasteiger partial charge in [-0.2, -0.15) is 5.26 Å². The van der Waals surface area contributed by atoms with Gasteiger partial charge in [-0.25, -0.2) is 0 Å². The third-order valence-corrected chi connectivity index (χ3v) is 8.21. The van der Waals surface area contributed by atoms with E-state index in [2.05, 4.69) is 32.2 Å². The molecule has 3 rings (SSSR count). The minimum absolute atomic E-state index is 0.252. The number of carbonyl (C=O) groups excluding carboxylic acids is 2. The molecule has 0 spiro atoms. The van der Waals surface area contributed by atoms with Crippen molar-refractivity contribution in [1.29, 1.82) is 5.26 Å². The summed E-state index contributed by atoms with van der Waals surface area (Å²) in [6.07, 6.45) is 6.68. The number of nitrogens with one attached hydrogen (secondary N) is 1. The van der Waals surface area contributed by atoms with Crippen LogP contribution in [-0.2, 0) is 22.4 Å². The number of carbonyl (C=O) groups is 2. The van der Waals surface area contributed by atoms with Gasteiger partial charge in [0.2, 0.25) is 5.91 Å². The lowest BCUT2D eigenvalue weighted by molar-refractivity contribution is -0.313. The van der Waals surface area contributed by atoms with Crippen LogP contribution in [0.25, 0.3) is 0 Å². The Hall–Kier alpha value is -1.87. The zero-order valence-electron chi connectivity index (χ0n) is 17.0. The lowest BCUT2D eigenvalue weighted by Gasteiger charge is -2.36. The summed E-state index contributed by atoms with van der Waals surface area (Å²) < 4.78 is 0. The van der Waals surface area contributed by atoms with E-state index in [4.69, 9.17) is 0 Å². The average Bonchev–Trinajstić information content (AvgIpc) is 3.03. The normalized spacial score (nSPS) is 24.9. The van der Waals surface area contributed by atoms with E-state index in [9.17, 15) is 20.0 Å². The number of aliphatic carboxylic acids is 1. The van der Waals surface area contributed by atoms with Crippen LogP contribution in [0.3, 0.4) is 0 Å². The zero-order valence-corrected chi connectivity index (χ0v) is 17.8. The minimum Gasteiger partial charge on any atom is -0.550 e. The molecule has 0 saturated heterocycles. The average molecular weight is 402 g/mol. The standard InChI is InChI=1S/C22H30N2O3S/c1-4-22(2,3)13-9-10-14-17(12-23)20(28-18(14)11-13)24-19(25)15-7-5-6-8-16(15)21(26)27/h13,15-16H,4-11H2,1-3H3,(H,24,25)(H,26,27)/p-1/t13-,15-,16+/m1/s1. The van der Waals surface area contributed by atoms with E-state index in [0.29, 0.717) is 29.3 Å². The molecule has 1 heterocycles. The fraction of sp³-hybridized carbons (Fsp3) is 0.682. The van der Waals surface area contributed by atoms with Crippen LogP contribution in [0.1, 0.15) is 75.3 Å². The Morgan fingerprint density at radius 2 is 1.93 bits per heavy atom. The summed E-state index contributed by atoms with van der Waals surface area (Å²) >= 11 is 1.50. The monoisotopic (exact) mass is 401 g/mol. The molecule has 152 valence electrons.